The fourth-order valence-electron chi connectivity index (χ4n) is 4.61. The van der Waals surface area contributed by atoms with Gasteiger partial charge in [0.25, 0.3) is 0 Å². The Bertz CT molecular complexity index is 1260. The minimum absolute atomic E-state index is 0.0477. The lowest BCUT2D eigenvalue weighted by atomic mass is 10.0. The molecule has 4 atom stereocenters. The number of nitrogens with zero attached hydrogens (tertiary/aromatic N) is 1. The van der Waals surface area contributed by atoms with Gasteiger partial charge in [-0.1, -0.05) is 18.2 Å². The van der Waals surface area contributed by atoms with Gasteiger partial charge < -0.3 is 42.2 Å². The number of aromatic nitrogens is 1. The first kappa shape index (κ1) is 29.1. The van der Waals surface area contributed by atoms with Crippen LogP contribution in [0.15, 0.2) is 30.5 Å². The first-order valence-electron chi connectivity index (χ1n) is 12.4. The zero-order valence-electron chi connectivity index (χ0n) is 21.1. The maximum atomic E-state index is 13.1. The molecule has 0 radical (unpaired) electrons. The maximum absolute atomic E-state index is 13.1. The number of carboxylic acid groups (broad SMARTS) is 2. The molecule has 9 N–H and O–H groups in total. The number of H-pyrrole nitrogens is 1. The first-order chi connectivity index (χ1) is 18.5. The van der Waals surface area contributed by atoms with Crippen molar-refractivity contribution in [1.82, 2.24) is 20.5 Å². The van der Waals surface area contributed by atoms with Crippen molar-refractivity contribution in [2.45, 2.75) is 62.7 Å². The van der Waals surface area contributed by atoms with Gasteiger partial charge in [0.1, 0.15) is 18.1 Å². The number of para-hydroxylation sites is 1. The monoisotopic (exact) mass is 544 g/mol. The summed E-state index contributed by atoms with van der Waals surface area (Å²) in [6, 6.07) is 2.25. The fourth-order valence-corrected chi connectivity index (χ4v) is 4.61. The smallest absolute Gasteiger partial charge is 0.326 e. The summed E-state index contributed by atoms with van der Waals surface area (Å²) >= 11 is 0. The summed E-state index contributed by atoms with van der Waals surface area (Å²) in [4.78, 5) is 77.4. The lowest BCUT2D eigenvalue weighted by molar-refractivity contribution is -0.144. The molecule has 4 unspecified atom stereocenters. The van der Waals surface area contributed by atoms with Gasteiger partial charge in [0.05, 0.1) is 12.5 Å². The van der Waals surface area contributed by atoms with Crippen molar-refractivity contribution >= 4 is 46.5 Å². The number of hydrogen-bond acceptors (Lipinski definition) is 7. The molecule has 1 aliphatic heterocycles. The summed E-state index contributed by atoms with van der Waals surface area (Å²) in [5, 5.41) is 24.4. The summed E-state index contributed by atoms with van der Waals surface area (Å²) < 4.78 is 0. The molecule has 0 bridgehead atoms. The number of fused-ring (bicyclic) bond motifs is 1. The number of carbonyl (C=O) groups is 6. The number of aliphatic carboxylic acids is 2. The van der Waals surface area contributed by atoms with E-state index in [2.05, 4.69) is 15.6 Å². The van der Waals surface area contributed by atoms with Crippen LogP contribution in [-0.2, 0) is 35.2 Å². The number of benzene rings is 1. The number of nitrogens with one attached hydrogen (secondary N) is 3. The summed E-state index contributed by atoms with van der Waals surface area (Å²) in [5.41, 5.74) is 12.4. The second-order valence-corrected chi connectivity index (χ2v) is 9.42. The van der Waals surface area contributed by atoms with Crippen molar-refractivity contribution in [3.63, 3.8) is 0 Å². The van der Waals surface area contributed by atoms with Crippen molar-refractivity contribution in [3.05, 3.63) is 36.0 Å². The number of rotatable bonds is 13. The molecule has 2 aromatic rings. The van der Waals surface area contributed by atoms with Crippen LogP contribution in [-0.4, -0.2) is 86.4 Å². The predicted molar refractivity (Wildman–Crippen MR) is 137 cm³/mol. The van der Waals surface area contributed by atoms with Gasteiger partial charge >= 0.3 is 11.9 Å². The van der Waals surface area contributed by atoms with Crippen molar-refractivity contribution < 1.29 is 39.0 Å². The van der Waals surface area contributed by atoms with Crippen molar-refractivity contribution in [2.75, 3.05) is 6.54 Å². The Morgan fingerprint density at radius 3 is 2.46 bits per heavy atom. The molecule has 0 spiro atoms. The third-order valence-corrected chi connectivity index (χ3v) is 6.58. The summed E-state index contributed by atoms with van der Waals surface area (Å²) in [7, 11) is 0. The Kier molecular flexibility index (Phi) is 9.60. The van der Waals surface area contributed by atoms with Crippen molar-refractivity contribution in [3.8, 4) is 0 Å². The largest absolute Gasteiger partial charge is 0.481 e. The van der Waals surface area contributed by atoms with Gasteiger partial charge in [-0.2, -0.15) is 0 Å². The molecule has 1 saturated heterocycles. The van der Waals surface area contributed by atoms with Crippen LogP contribution in [0.4, 0.5) is 0 Å². The van der Waals surface area contributed by atoms with Crippen molar-refractivity contribution in [2.24, 2.45) is 11.5 Å². The summed E-state index contributed by atoms with van der Waals surface area (Å²) in [5.74, 6) is -5.55. The van der Waals surface area contributed by atoms with E-state index in [9.17, 15) is 33.9 Å². The van der Waals surface area contributed by atoms with E-state index in [1.54, 1.807) is 12.3 Å². The third-order valence-electron chi connectivity index (χ3n) is 6.58. The van der Waals surface area contributed by atoms with E-state index >= 15 is 0 Å². The third kappa shape index (κ3) is 7.54. The Balaban J connectivity index is 1.73. The lowest BCUT2D eigenvalue weighted by Crippen LogP contribution is -2.57. The average Bonchev–Trinajstić information content (AvgIpc) is 3.52. The average molecular weight is 545 g/mol. The highest BCUT2D eigenvalue weighted by Crippen LogP contribution is 2.21. The standard InChI is InChI=1S/C25H32N6O8/c26-15(11-21(33)34)24(37)31-9-3-6-19(31)23(36)29-17(7-8-20(27)32)22(35)30-18(25(38)39)10-13-12-28-16-5-2-1-4-14(13)16/h1-2,4-5,12,15,17-19,28H,3,6-11,26H2,(H2,27,32)(H,29,36)(H,30,35)(H,33,34)(H,38,39). The molecule has 2 heterocycles. The quantitative estimate of drug-likeness (QED) is 0.160. The molecule has 1 aromatic carbocycles. The second-order valence-electron chi connectivity index (χ2n) is 9.42. The Labute approximate surface area is 223 Å². The van der Waals surface area contributed by atoms with Gasteiger partial charge in [0, 0.05) is 36.5 Å². The molecular formula is C25H32N6O8. The Hall–Kier alpha value is -4.46. The van der Waals surface area contributed by atoms with Crippen LogP contribution in [0.3, 0.4) is 0 Å². The van der Waals surface area contributed by atoms with Crippen LogP contribution >= 0.6 is 0 Å². The summed E-state index contributed by atoms with van der Waals surface area (Å²) in [6.07, 6.45) is 1.22. The van der Waals surface area contributed by atoms with Crippen LogP contribution < -0.4 is 22.1 Å². The molecular weight excluding hydrogens is 512 g/mol. The van der Waals surface area contributed by atoms with E-state index in [0.29, 0.717) is 12.0 Å². The SMILES string of the molecule is NC(=O)CCC(NC(=O)C1CCCN1C(=O)C(N)CC(=O)O)C(=O)NC(Cc1c[nH]c2ccccc12)C(=O)O. The van der Waals surface area contributed by atoms with E-state index in [-0.39, 0.29) is 32.2 Å². The van der Waals surface area contributed by atoms with E-state index in [1.165, 1.54) is 4.90 Å². The molecule has 1 aromatic heterocycles. The molecule has 210 valence electrons. The fraction of sp³-hybridized carbons (Fsp3) is 0.440. The van der Waals surface area contributed by atoms with E-state index in [4.69, 9.17) is 16.6 Å². The number of carbonyl (C=O) groups excluding carboxylic acids is 4. The number of amides is 4. The number of aromatic amines is 1. The first-order valence-corrected chi connectivity index (χ1v) is 12.4. The Morgan fingerprint density at radius 2 is 1.79 bits per heavy atom. The van der Waals surface area contributed by atoms with Crippen molar-refractivity contribution in [1.29, 1.82) is 0 Å². The molecule has 14 heteroatoms. The van der Waals surface area contributed by atoms with Crippen LogP contribution in [0.25, 0.3) is 10.9 Å². The normalized spacial score (nSPS) is 17.3. The van der Waals surface area contributed by atoms with Crippen LogP contribution in [0.2, 0.25) is 0 Å². The van der Waals surface area contributed by atoms with E-state index < -0.39 is 66.2 Å². The topological polar surface area (TPSA) is 238 Å². The van der Waals surface area contributed by atoms with Gasteiger partial charge in [-0.15, -0.1) is 0 Å². The molecule has 0 aliphatic carbocycles. The van der Waals surface area contributed by atoms with Gasteiger partial charge in [-0.25, -0.2) is 4.79 Å². The number of hydrogen-bond donors (Lipinski definition) is 7. The minimum Gasteiger partial charge on any atom is -0.481 e. The van der Waals surface area contributed by atoms with Gasteiger partial charge in [-0.3, -0.25) is 24.0 Å². The molecule has 39 heavy (non-hydrogen) atoms. The van der Waals surface area contributed by atoms with Gasteiger partial charge in [0.2, 0.25) is 23.6 Å². The number of carboxylic acids is 2. The molecule has 3 rings (SSSR count). The van der Waals surface area contributed by atoms with Crippen LogP contribution in [0.5, 0.6) is 0 Å². The van der Waals surface area contributed by atoms with Crippen LogP contribution in [0, 0.1) is 0 Å². The molecule has 0 saturated carbocycles. The lowest BCUT2D eigenvalue weighted by Gasteiger charge is -2.28. The summed E-state index contributed by atoms with van der Waals surface area (Å²) in [6.45, 7) is 0.175. The van der Waals surface area contributed by atoms with E-state index in [0.717, 1.165) is 10.9 Å². The highest BCUT2D eigenvalue weighted by Gasteiger charge is 2.38. The number of nitrogens with two attached hydrogens (primary N) is 2. The molecule has 1 fully saturated rings. The molecule has 4 amide bonds. The van der Waals surface area contributed by atoms with Gasteiger partial charge in [-0.05, 0) is 30.9 Å². The minimum atomic E-state index is -1.34. The zero-order valence-corrected chi connectivity index (χ0v) is 21.1. The maximum Gasteiger partial charge on any atom is 0.326 e. The predicted octanol–water partition coefficient (Wildman–Crippen LogP) is -1.18. The highest BCUT2D eigenvalue weighted by atomic mass is 16.4. The van der Waals surface area contributed by atoms with E-state index in [1.807, 2.05) is 18.2 Å². The second kappa shape index (κ2) is 12.9. The number of likely N-dealkylation sites (tertiary alicyclic amines) is 1. The molecule has 1 aliphatic rings. The van der Waals surface area contributed by atoms with Crippen LogP contribution in [0.1, 0.15) is 37.7 Å². The number of primary amides is 1. The van der Waals surface area contributed by atoms with Gasteiger partial charge in [0.15, 0.2) is 0 Å². The zero-order chi connectivity index (χ0) is 28.7. The Morgan fingerprint density at radius 1 is 1.08 bits per heavy atom. The molecule has 14 nitrogen and oxygen atoms in total. The highest BCUT2D eigenvalue weighted by molar-refractivity contribution is 5.95.